The van der Waals surface area contributed by atoms with Crippen molar-refractivity contribution in [3.05, 3.63) is 0 Å². The molecule has 8 heteroatoms. The summed E-state index contributed by atoms with van der Waals surface area (Å²) in [6.07, 6.45) is -1.72. The maximum atomic E-state index is 10.7. The first kappa shape index (κ1) is 15.6. The number of hydrogen-bond donors (Lipinski definition) is 4. The number of hydrogen-bond acceptors (Lipinski definition) is 5. The minimum Gasteiger partial charge on any atom is -0.481 e. The predicted octanol–water partition coefficient (Wildman–Crippen LogP) is -1.03. The summed E-state index contributed by atoms with van der Waals surface area (Å²) in [6.45, 7) is 1.84. The molecule has 0 bridgehead atoms. The Hall–Kier alpha value is -1.83. The quantitative estimate of drug-likeness (QED) is 0.443. The molecule has 0 unspecified atom stereocenters. The number of rotatable bonds is 4. The minimum absolute atomic E-state index is 0.214. The Kier molecular flexibility index (Phi) is 9.12. The highest BCUT2D eigenvalue weighted by atomic mass is 16.5. The monoisotopic (exact) mass is 222 g/mol. The molecule has 15 heavy (non-hydrogen) atoms. The fourth-order valence-electron chi connectivity index (χ4n) is 0.521. The second kappa shape index (κ2) is 8.75. The van der Waals surface area contributed by atoms with Crippen molar-refractivity contribution in [1.82, 2.24) is 0 Å². The molecule has 0 fully saturated rings. The van der Waals surface area contributed by atoms with Crippen LogP contribution in [0, 0.1) is 0 Å². The summed E-state index contributed by atoms with van der Waals surface area (Å²) in [5.74, 6) is -1.78. The van der Waals surface area contributed by atoms with E-state index < -0.39 is 30.5 Å². The molecule has 0 saturated heterocycles. The van der Waals surface area contributed by atoms with Crippen molar-refractivity contribution >= 4 is 18.0 Å². The second-order valence-electron chi connectivity index (χ2n) is 2.29. The Labute approximate surface area is 85.8 Å². The number of primary amides is 1. The Balaban J connectivity index is 0. The number of carbonyl (C=O) groups is 3. The third-order valence-corrected chi connectivity index (χ3v) is 0.984. The number of esters is 1. The lowest BCUT2D eigenvalue weighted by Crippen LogP contribution is -2.34. The van der Waals surface area contributed by atoms with Crippen molar-refractivity contribution in [2.45, 2.75) is 19.4 Å². The zero-order valence-corrected chi connectivity index (χ0v) is 8.17. The van der Waals surface area contributed by atoms with Gasteiger partial charge in [0.2, 0.25) is 0 Å². The van der Waals surface area contributed by atoms with Gasteiger partial charge in [-0.15, -0.1) is 0 Å². The Morgan fingerprint density at radius 3 is 2.00 bits per heavy atom. The fraction of sp³-hybridized carbons (Fsp3) is 0.571. The lowest BCUT2D eigenvalue weighted by molar-refractivity contribution is -0.149. The Bertz CT molecular complexity index is 226. The Morgan fingerprint density at radius 2 is 1.73 bits per heavy atom. The van der Waals surface area contributed by atoms with Gasteiger partial charge in [0.15, 0.2) is 0 Å². The number of carboxylic acids is 1. The van der Waals surface area contributed by atoms with Gasteiger partial charge >= 0.3 is 18.0 Å². The summed E-state index contributed by atoms with van der Waals surface area (Å²) in [5, 5.41) is 15.4. The van der Waals surface area contributed by atoms with E-state index in [4.69, 9.17) is 20.7 Å². The number of amides is 1. The maximum Gasteiger partial charge on any atom is 0.402 e. The topological polar surface area (TPSA) is 153 Å². The van der Waals surface area contributed by atoms with Crippen LogP contribution in [0.15, 0.2) is 0 Å². The van der Waals surface area contributed by atoms with Gasteiger partial charge in [-0.3, -0.25) is 9.59 Å². The molecule has 0 heterocycles. The highest BCUT2D eigenvalue weighted by Crippen LogP contribution is 1.91. The van der Waals surface area contributed by atoms with Crippen molar-refractivity contribution < 1.29 is 29.3 Å². The number of carbonyl (C=O) groups excluding carboxylic acids is 1. The van der Waals surface area contributed by atoms with Gasteiger partial charge in [-0.2, -0.15) is 0 Å². The first-order valence-corrected chi connectivity index (χ1v) is 3.93. The van der Waals surface area contributed by atoms with E-state index in [9.17, 15) is 9.59 Å². The molecule has 0 spiro atoms. The van der Waals surface area contributed by atoms with Crippen molar-refractivity contribution in [3.63, 3.8) is 0 Å². The normalized spacial score (nSPS) is 10.5. The molecule has 0 aromatic rings. The molecule has 1 amide bonds. The van der Waals surface area contributed by atoms with Crippen LogP contribution in [0.25, 0.3) is 0 Å². The maximum absolute atomic E-state index is 10.7. The van der Waals surface area contributed by atoms with Gasteiger partial charge in [-0.05, 0) is 6.92 Å². The van der Waals surface area contributed by atoms with Crippen LogP contribution in [0.3, 0.4) is 0 Å². The number of carboxylic acid groups (broad SMARTS) is 2. The number of nitrogens with two attached hydrogens (primary N) is 2. The minimum atomic E-state index is -1.33. The van der Waals surface area contributed by atoms with E-state index in [1.807, 2.05) is 0 Å². The summed E-state index contributed by atoms with van der Waals surface area (Å²) in [7, 11) is 0. The first-order valence-electron chi connectivity index (χ1n) is 3.93. The summed E-state index contributed by atoms with van der Waals surface area (Å²) >= 11 is 0. The van der Waals surface area contributed by atoms with Crippen LogP contribution in [0.4, 0.5) is 4.79 Å². The lowest BCUT2D eigenvalue weighted by Gasteiger charge is -2.06. The first-order chi connectivity index (χ1) is 6.81. The van der Waals surface area contributed by atoms with Gasteiger partial charge in [0, 0.05) is 0 Å². The zero-order valence-electron chi connectivity index (χ0n) is 8.17. The zero-order chi connectivity index (χ0) is 12.4. The molecule has 8 nitrogen and oxygen atoms in total. The largest absolute Gasteiger partial charge is 0.481 e. The molecule has 0 aromatic carbocycles. The van der Waals surface area contributed by atoms with Gasteiger partial charge < -0.3 is 26.4 Å². The van der Waals surface area contributed by atoms with Gasteiger partial charge in [-0.25, -0.2) is 4.79 Å². The van der Waals surface area contributed by atoms with Gasteiger partial charge in [-0.1, -0.05) is 0 Å². The van der Waals surface area contributed by atoms with Crippen LogP contribution < -0.4 is 11.5 Å². The van der Waals surface area contributed by atoms with E-state index in [1.165, 1.54) is 0 Å². The van der Waals surface area contributed by atoms with E-state index in [0.717, 1.165) is 0 Å². The molecule has 88 valence electrons. The molecule has 0 aromatic heterocycles. The molecule has 0 radical (unpaired) electrons. The fourth-order valence-corrected chi connectivity index (χ4v) is 0.521. The summed E-state index contributed by atoms with van der Waals surface area (Å²) in [6, 6.07) is -1.05. The van der Waals surface area contributed by atoms with Crippen LogP contribution in [0.2, 0.25) is 0 Å². The van der Waals surface area contributed by atoms with Crippen molar-refractivity contribution in [3.8, 4) is 0 Å². The van der Waals surface area contributed by atoms with Crippen LogP contribution in [0.5, 0.6) is 0 Å². The third-order valence-electron chi connectivity index (χ3n) is 0.984. The lowest BCUT2D eigenvalue weighted by atomic mass is 10.2. The van der Waals surface area contributed by atoms with Crippen LogP contribution in [-0.2, 0) is 14.3 Å². The molecular weight excluding hydrogens is 208 g/mol. The summed E-state index contributed by atoms with van der Waals surface area (Å²) in [5.41, 5.74) is 9.18. The van der Waals surface area contributed by atoms with Crippen LogP contribution in [0.1, 0.15) is 13.3 Å². The van der Waals surface area contributed by atoms with Crippen LogP contribution >= 0.6 is 0 Å². The average Bonchev–Trinajstić information content (AvgIpc) is 2.02. The Morgan fingerprint density at radius 1 is 1.33 bits per heavy atom. The third kappa shape index (κ3) is 15.0. The van der Waals surface area contributed by atoms with Crippen molar-refractivity contribution in [2.24, 2.45) is 11.5 Å². The van der Waals surface area contributed by atoms with E-state index in [1.54, 1.807) is 6.92 Å². The molecule has 6 N–H and O–H groups in total. The molecule has 0 aliphatic carbocycles. The van der Waals surface area contributed by atoms with E-state index in [0.29, 0.717) is 0 Å². The van der Waals surface area contributed by atoms with E-state index >= 15 is 0 Å². The predicted molar refractivity (Wildman–Crippen MR) is 49.1 cm³/mol. The second-order valence-corrected chi connectivity index (χ2v) is 2.29. The number of ether oxygens (including phenoxy) is 1. The highest BCUT2D eigenvalue weighted by Gasteiger charge is 2.17. The van der Waals surface area contributed by atoms with Gasteiger partial charge in [0.25, 0.3) is 0 Å². The van der Waals surface area contributed by atoms with E-state index in [2.05, 4.69) is 10.5 Å². The summed E-state index contributed by atoms with van der Waals surface area (Å²) in [4.78, 5) is 29.5. The van der Waals surface area contributed by atoms with Crippen molar-refractivity contribution in [1.29, 1.82) is 0 Å². The molecular formula is C7H14N2O6. The molecule has 0 rings (SSSR count). The van der Waals surface area contributed by atoms with Gasteiger partial charge in [0.05, 0.1) is 13.0 Å². The van der Waals surface area contributed by atoms with E-state index in [-0.39, 0.29) is 6.61 Å². The SMILES string of the molecule is CCOC(=O)[C@@H](N)CC(=O)O.NC(=O)O. The molecule has 1 atom stereocenters. The smallest absolute Gasteiger partial charge is 0.402 e. The molecule has 0 aliphatic rings. The average molecular weight is 222 g/mol. The summed E-state index contributed by atoms with van der Waals surface area (Å²) < 4.78 is 4.48. The molecule has 0 saturated carbocycles. The van der Waals surface area contributed by atoms with Gasteiger partial charge in [0.1, 0.15) is 6.04 Å². The standard InChI is InChI=1S/C6H11NO4.CH3NO2/c1-2-11-6(10)4(7)3-5(8)9;2-1(3)4/h4H,2-3,7H2,1H3,(H,8,9);2H2,(H,3,4)/t4-;/m0./s1. The highest BCUT2D eigenvalue weighted by molar-refractivity contribution is 5.81. The van der Waals surface area contributed by atoms with Crippen molar-refractivity contribution in [2.75, 3.05) is 6.61 Å². The van der Waals surface area contributed by atoms with Crippen LogP contribution in [-0.4, -0.2) is 40.9 Å². The number of aliphatic carboxylic acids is 1. The molecule has 0 aliphatic heterocycles.